The summed E-state index contributed by atoms with van der Waals surface area (Å²) >= 11 is 5.97. The molecular formula is C13H15ClN2. The Balaban J connectivity index is 1.84. The maximum absolute atomic E-state index is 5.97. The highest BCUT2D eigenvalue weighted by atomic mass is 35.5. The number of hydrogen-bond acceptors (Lipinski definition) is 2. The molecule has 1 aliphatic carbocycles. The highest BCUT2D eigenvalue weighted by Crippen LogP contribution is 2.52. The van der Waals surface area contributed by atoms with E-state index in [0.717, 1.165) is 12.5 Å². The van der Waals surface area contributed by atoms with Gasteiger partial charge in [0.1, 0.15) is 5.15 Å². The molecule has 16 heavy (non-hydrogen) atoms. The van der Waals surface area contributed by atoms with E-state index in [9.17, 15) is 0 Å². The van der Waals surface area contributed by atoms with E-state index in [1.54, 1.807) is 0 Å². The van der Waals surface area contributed by atoms with Gasteiger partial charge in [0, 0.05) is 23.2 Å². The van der Waals surface area contributed by atoms with Crippen molar-refractivity contribution in [2.75, 3.05) is 0 Å². The van der Waals surface area contributed by atoms with Gasteiger partial charge < -0.3 is 5.32 Å². The van der Waals surface area contributed by atoms with Crippen molar-refractivity contribution in [1.82, 2.24) is 10.3 Å². The molecule has 0 aromatic carbocycles. The molecule has 3 heteroatoms. The van der Waals surface area contributed by atoms with Crippen molar-refractivity contribution in [3.63, 3.8) is 0 Å². The second kappa shape index (κ2) is 2.99. The van der Waals surface area contributed by atoms with Crippen molar-refractivity contribution in [2.45, 2.75) is 49.6 Å². The fourth-order valence-electron chi connectivity index (χ4n) is 4.17. The van der Waals surface area contributed by atoms with E-state index >= 15 is 0 Å². The number of halogens is 1. The molecule has 3 heterocycles. The smallest absolute Gasteiger partial charge is 0.129 e. The standard InChI is InChI=1S/C13H15ClN2/c14-12-4-2-9-10(16-12)5-6-13(9)7-8-1-3-11(13)15-8/h2,4,8,11,15H,1,3,5-7H2/t8?,11?,13-/m0/s1. The molecular weight excluding hydrogens is 220 g/mol. The molecule has 2 saturated heterocycles. The normalized spacial score (nSPS) is 39.6. The maximum Gasteiger partial charge on any atom is 0.129 e. The van der Waals surface area contributed by atoms with Gasteiger partial charge in [0.05, 0.1) is 0 Å². The molecule has 4 rings (SSSR count). The van der Waals surface area contributed by atoms with Crippen LogP contribution in [0.4, 0.5) is 0 Å². The van der Waals surface area contributed by atoms with E-state index in [0.29, 0.717) is 16.6 Å². The van der Waals surface area contributed by atoms with E-state index < -0.39 is 0 Å². The van der Waals surface area contributed by atoms with Gasteiger partial charge in [0.15, 0.2) is 0 Å². The van der Waals surface area contributed by atoms with E-state index in [1.807, 2.05) is 6.07 Å². The summed E-state index contributed by atoms with van der Waals surface area (Å²) in [6.07, 6.45) is 6.40. The van der Waals surface area contributed by atoms with Crippen LogP contribution in [0, 0.1) is 0 Å². The molecule has 3 aliphatic rings. The second-order valence-corrected chi connectivity index (χ2v) is 5.87. The molecule has 2 fully saturated rings. The van der Waals surface area contributed by atoms with Gasteiger partial charge in [-0.3, -0.25) is 0 Å². The van der Waals surface area contributed by atoms with Crippen LogP contribution < -0.4 is 5.32 Å². The zero-order valence-electron chi connectivity index (χ0n) is 9.17. The topological polar surface area (TPSA) is 24.9 Å². The van der Waals surface area contributed by atoms with Gasteiger partial charge in [-0.2, -0.15) is 0 Å². The van der Waals surface area contributed by atoms with Crippen LogP contribution in [0.2, 0.25) is 5.15 Å². The highest BCUT2D eigenvalue weighted by Gasteiger charge is 2.54. The number of hydrogen-bond donors (Lipinski definition) is 1. The summed E-state index contributed by atoms with van der Waals surface area (Å²) in [5.74, 6) is 0. The molecule has 2 unspecified atom stereocenters. The minimum absolute atomic E-state index is 0.399. The Labute approximate surface area is 100 Å². The lowest BCUT2D eigenvalue weighted by Gasteiger charge is -2.33. The summed E-state index contributed by atoms with van der Waals surface area (Å²) in [4.78, 5) is 4.49. The third-order valence-electron chi connectivity index (χ3n) is 4.80. The molecule has 1 aromatic rings. The Morgan fingerprint density at radius 3 is 3.06 bits per heavy atom. The lowest BCUT2D eigenvalue weighted by molar-refractivity contribution is 0.330. The maximum atomic E-state index is 5.97. The molecule has 2 bridgehead atoms. The number of rotatable bonds is 0. The number of pyridine rings is 1. The third kappa shape index (κ3) is 1.05. The summed E-state index contributed by atoms with van der Waals surface area (Å²) in [7, 11) is 0. The zero-order valence-corrected chi connectivity index (χ0v) is 9.93. The van der Waals surface area contributed by atoms with Crippen LogP contribution in [0.3, 0.4) is 0 Å². The summed E-state index contributed by atoms with van der Waals surface area (Å²) < 4.78 is 0. The molecule has 3 atom stereocenters. The molecule has 1 N–H and O–H groups in total. The van der Waals surface area contributed by atoms with Crippen LogP contribution in [-0.2, 0) is 11.8 Å². The van der Waals surface area contributed by atoms with Crippen LogP contribution in [0.15, 0.2) is 12.1 Å². The minimum Gasteiger partial charge on any atom is -0.310 e. The van der Waals surface area contributed by atoms with Crippen LogP contribution in [0.1, 0.15) is 36.9 Å². The van der Waals surface area contributed by atoms with E-state index in [-0.39, 0.29) is 0 Å². The first-order valence-electron chi connectivity index (χ1n) is 6.20. The van der Waals surface area contributed by atoms with Crippen LogP contribution in [-0.4, -0.2) is 17.1 Å². The lowest BCUT2D eigenvalue weighted by atomic mass is 9.70. The molecule has 0 saturated carbocycles. The van der Waals surface area contributed by atoms with E-state index in [4.69, 9.17) is 11.6 Å². The molecule has 2 aliphatic heterocycles. The van der Waals surface area contributed by atoms with Crippen molar-refractivity contribution in [2.24, 2.45) is 0 Å². The summed E-state index contributed by atoms with van der Waals surface area (Å²) in [5, 5.41) is 4.40. The number of aryl methyl sites for hydroxylation is 1. The molecule has 0 amide bonds. The average molecular weight is 235 g/mol. The third-order valence-corrected chi connectivity index (χ3v) is 5.01. The number of aromatic nitrogens is 1. The first kappa shape index (κ1) is 9.43. The van der Waals surface area contributed by atoms with Crippen molar-refractivity contribution < 1.29 is 0 Å². The van der Waals surface area contributed by atoms with Crippen LogP contribution in [0.5, 0.6) is 0 Å². The van der Waals surface area contributed by atoms with Crippen molar-refractivity contribution in [3.8, 4) is 0 Å². The Kier molecular flexibility index (Phi) is 1.76. The Bertz CT molecular complexity index is 459. The largest absolute Gasteiger partial charge is 0.310 e. The molecule has 0 radical (unpaired) electrons. The SMILES string of the molecule is Clc1ccc2c(n1)CC[C@]21CC2CCC1N2. The highest BCUT2D eigenvalue weighted by molar-refractivity contribution is 6.29. The van der Waals surface area contributed by atoms with E-state index in [2.05, 4.69) is 16.4 Å². The molecule has 84 valence electrons. The summed E-state index contributed by atoms with van der Waals surface area (Å²) in [6.45, 7) is 0. The van der Waals surface area contributed by atoms with Gasteiger partial charge >= 0.3 is 0 Å². The van der Waals surface area contributed by atoms with Gasteiger partial charge in [0.25, 0.3) is 0 Å². The Morgan fingerprint density at radius 2 is 2.31 bits per heavy atom. The Morgan fingerprint density at radius 1 is 1.38 bits per heavy atom. The summed E-state index contributed by atoms with van der Waals surface area (Å²) in [5.41, 5.74) is 3.13. The van der Waals surface area contributed by atoms with Gasteiger partial charge in [-0.15, -0.1) is 0 Å². The zero-order chi connectivity index (χ0) is 10.8. The second-order valence-electron chi connectivity index (χ2n) is 5.48. The number of nitrogens with zero attached hydrogens (tertiary/aromatic N) is 1. The predicted octanol–water partition coefficient (Wildman–Crippen LogP) is 2.44. The number of nitrogens with one attached hydrogen (secondary N) is 1. The molecule has 1 spiro atoms. The quantitative estimate of drug-likeness (QED) is 0.698. The first-order valence-corrected chi connectivity index (χ1v) is 6.58. The first-order chi connectivity index (χ1) is 7.78. The monoisotopic (exact) mass is 234 g/mol. The summed E-state index contributed by atoms with van der Waals surface area (Å²) in [6, 6.07) is 5.63. The predicted molar refractivity (Wildman–Crippen MR) is 63.8 cm³/mol. The van der Waals surface area contributed by atoms with Crippen LogP contribution >= 0.6 is 11.6 Å². The van der Waals surface area contributed by atoms with Crippen LogP contribution in [0.25, 0.3) is 0 Å². The molecule has 1 aromatic heterocycles. The number of fused-ring (bicyclic) bond motifs is 5. The van der Waals surface area contributed by atoms with Gasteiger partial charge in [-0.25, -0.2) is 4.98 Å². The molecule has 2 nitrogen and oxygen atoms in total. The lowest BCUT2D eigenvalue weighted by Crippen LogP contribution is -2.37. The van der Waals surface area contributed by atoms with Crippen molar-refractivity contribution in [3.05, 3.63) is 28.5 Å². The van der Waals surface area contributed by atoms with Gasteiger partial charge in [-0.1, -0.05) is 17.7 Å². The van der Waals surface area contributed by atoms with Crippen molar-refractivity contribution in [1.29, 1.82) is 0 Å². The van der Waals surface area contributed by atoms with Gasteiger partial charge in [-0.05, 0) is 43.7 Å². The van der Waals surface area contributed by atoms with Gasteiger partial charge in [0.2, 0.25) is 0 Å². The van der Waals surface area contributed by atoms with Crippen molar-refractivity contribution >= 4 is 11.6 Å². The fourth-order valence-corrected chi connectivity index (χ4v) is 4.33. The fraction of sp³-hybridized carbons (Fsp3) is 0.615. The average Bonchev–Trinajstić information content (AvgIpc) is 2.94. The Hall–Kier alpha value is -0.600. The van der Waals surface area contributed by atoms with E-state index in [1.165, 1.54) is 36.9 Å². The minimum atomic E-state index is 0.399.